The van der Waals surface area contributed by atoms with Crippen molar-refractivity contribution in [2.75, 3.05) is 0 Å². The molecule has 2 atom stereocenters. The molecular weight excluding hydrogens is 460 g/mol. The van der Waals surface area contributed by atoms with Crippen LogP contribution in [0.2, 0.25) is 0 Å². The van der Waals surface area contributed by atoms with Crippen molar-refractivity contribution in [1.29, 1.82) is 0 Å². The van der Waals surface area contributed by atoms with Crippen molar-refractivity contribution in [3.05, 3.63) is 80.9 Å². The molecule has 2 aromatic carbocycles. The second kappa shape index (κ2) is 7.37. The number of hydrogen-bond donors (Lipinski definition) is 2. The standard InChI is InChI=1S/C25H28O6S2/c1-13-7-9-17-19(11-13)21(15(3)23(17)32(26,27)28)25(5,6)22-16(4)24(33(29,30)31)18-10-8-14(2)12-20(18)22/h7-12,21-22H,1-6H3,(H,26,27,28)(H,29,30,31). The minimum atomic E-state index is -4.48. The van der Waals surface area contributed by atoms with Crippen LogP contribution in [0.15, 0.2) is 47.5 Å². The van der Waals surface area contributed by atoms with Crippen molar-refractivity contribution in [1.82, 2.24) is 0 Å². The molecule has 2 aliphatic carbocycles. The van der Waals surface area contributed by atoms with Gasteiger partial charge >= 0.3 is 0 Å². The third-order valence-corrected chi connectivity index (χ3v) is 9.23. The highest BCUT2D eigenvalue weighted by atomic mass is 32.2. The fraction of sp³-hybridized carbons (Fsp3) is 0.360. The molecule has 0 fully saturated rings. The van der Waals surface area contributed by atoms with E-state index in [2.05, 4.69) is 0 Å². The average molecular weight is 489 g/mol. The van der Waals surface area contributed by atoms with Crippen molar-refractivity contribution in [2.45, 2.75) is 53.4 Å². The fourth-order valence-electron chi connectivity index (χ4n) is 6.18. The van der Waals surface area contributed by atoms with Crippen molar-refractivity contribution in [3.8, 4) is 0 Å². The summed E-state index contributed by atoms with van der Waals surface area (Å²) in [4.78, 5) is -0.177. The normalized spacial score (nSPS) is 21.0. The van der Waals surface area contributed by atoms with Gasteiger partial charge in [-0.3, -0.25) is 9.11 Å². The Balaban J connectivity index is 2.03. The first kappa shape index (κ1) is 23.9. The summed E-state index contributed by atoms with van der Waals surface area (Å²) < 4.78 is 69.5. The molecule has 6 nitrogen and oxygen atoms in total. The van der Waals surface area contributed by atoms with Crippen LogP contribution < -0.4 is 0 Å². The second-order valence-electron chi connectivity index (χ2n) is 9.84. The Hall–Kier alpha value is -2.26. The molecule has 4 rings (SSSR count). The van der Waals surface area contributed by atoms with E-state index in [0.29, 0.717) is 22.3 Å². The van der Waals surface area contributed by atoms with Crippen molar-refractivity contribution < 1.29 is 25.9 Å². The van der Waals surface area contributed by atoms with E-state index < -0.39 is 37.5 Å². The quantitative estimate of drug-likeness (QED) is 0.553. The van der Waals surface area contributed by atoms with Gasteiger partial charge in [0.25, 0.3) is 20.2 Å². The van der Waals surface area contributed by atoms with Crippen LogP contribution in [0.1, 0.15) is 72.9 Å². The van der Waals surface area contributed by atoms with Gasteiger partial charge in [0, 0.05) is 11.8 Å². The van der Waals surface area contributed by atoms with E-state index in [1.807, 2.05) is 52.0 Å². The third-order valence-electron chi connectivity index (χ3n) is 7.11. The molecule has 2 unspecified atom stereocenters. The van der Waals surface area contributed by atoms with E-state index in [1.165, 1.54) is 0 Å². The molecule has 0 aromatic heterocycles. The second-order valence-corrected chi connectivity index (χ2v) is 12.6. The molecule has 0 saturated heterocycles. The Morgan fingerprint density at radius 1 is 0.667 bits per heavy atom. The van der Waals surface area contributed by atoms with Gasteiger partial charge in [0.15, 0.2) is 0 Å². The summed E-state index contributed by atoms with van der Waals surface area (Å²) in [5, 5.41) is 0. The topological polar surface area (TPSA) is 109 Å². The predicted octanol–water partition coefficient (Wildman–Crippen LogP) is 5.46. The van der Waals surface area contributed by atoms with Gasteiger partial charge in [0.2, 0.25) is 0 Å². The van der Waals surface area contributed by atoms with Crippen LogP contribution >= 0.6 is 0 Å². The van der Waals surface area contributed by atoms with E-state index >= 15 is 0 Å². The first-order valence-corrected chi connectivity index (χ1v) is 13.5. The lowest BCUT2D eigenvalue weighted by molar-refractivity contribution is 0.274. The first-order valence-electron chi connectivity index (χ1n) is 10.6. The fourth-order valence-corrected chi connectivity index (χ4v) is 8.16. The maximum Gasteiger partial charge on any atom is 0.295 e. The Labute approximate surface area is 195 Å². The van der Waals surface area contributed by atoms with Crippen LogP contribution in [-0.4, -0.2) is 25.9 Å². The lowest BCUT2D eigenvalue weighted by atomic mass is 9.62. The molecule has 2 aromatic rings. The van der Waals surface area contributed by atoms with Gasteiger partial charge in [-0.15, -0.1) is 0 Å². The molecule has 176 valence electrons. The molecule has 0 radical (unpaired) electrons. The summed E-state index contributed by atoms with van der Waals surface area (Å²) >= 11 is 0. The van der Waals surface area contributed by atoms with E-state index in [-0.39, 0.29) is 9.81 Å². The molecule has 0 amide bonds. The largest absolute Gasteiger partial charge is 0.295 e. The number of fused-ring (bicyclic) bond motifs is 2. The highest BCUT2D eigenvalue weighted by molar-refractivity contribution is 7.95. The summed E-state index contributed by atoms with van der Waals surface area (Å²) in [5.74, 6) is -0.809. The number of allylic oxidation sites excluding steroid dienone is 2. The van der Waals surface area contributed by atoms with E-state index in [9.17, 15) is 25.9 Å². The molecule has 2 N–H and O–H groups in total. The van der Waals surface area contributed by atoms with Gasteiger partial charge in [-0.1, -0.05) is 61.4 Å². The zero-order valence-corrected chi connectivity index (χ0v) is 21.1. The molecule has 0 spiro atoms. The van der Waals surface area contributed by atoms with Gasteiger partial charge in [-0.2, -0.15) is 16.8 Å². The first-order chi connectivity index (χ1) is 15.1. The number of aryl methyl sites for hydroxylation is 2. The van der Waals surface area contributed by atoms with Gasteiger partial charge in [-0.05, 0) is 66.5 Å². The van der Waals surface area contributed by atoms with Crippen LogP contribution in [0, 0.1) is 19.3 Å². The summed E-state index contributed by atoms with van der Waals surface area (Å²) in [7, 11) is -8.96. The van der Waals surface area contributed by atoms with Crippen molar-refractivity contribution >= 4 is 30.0 Å². The Morgan fingerprint density at radius 2 is 1.00 bits per heavy atom. The van der Waals surface area contributed by atoms with Crippen molar-refractivity contribution in [3.63, 3.8) is 0 Å². The lowest BCUT2D eigenvalue weighted by Gasteiger charge is -2.40. The van der Waals surface area contributed by atoms with Gasteiger partial charge in [0.1, 0.15) is 9.81 Å². The Morgan fingerprint density at radius 3 is 1.30 bits per heavy atom. The molecule has 2 aliphatic rings. The van der Waals surface area contributed by atoms with Crippen LogP contribution in [0.25, 0.3) is 9.81 Å². The minimum Gasteiger partial charge on any atom is -0.282 e. The monoisotopic (exact) mass is 488 g/mol. The molecule has 0 bridgehead atoms. The van der Waals surface area contributed by atoms with E-state index in [1.54, 1.807) is 26.0 Å². The number of rotatable bonds is 4. The average Bonchev–Trinajstić information content (AvgIpc) is 3.10. The van der Waals surface area contributed by atoms with Gasteiger partial charge in [-0.25, -0.2) is 0 Å². The molecular formula is C25H28O6S2. The molecule has 33 heavy (non-hydrogen) atoms. The van der Waals surface area contributed by atoms with E-state index in [4.69, 9.17) is 0 Å². The predicted molar refractivity (Wildman–Crippen MR) is 130 cm³/mol. The third kappa shape index (κ3) is 3.60. The van der Waals surface area contributed by atoms with Crippen LogP contribution in [0.4, 0.5) is 0 Å². The summed E-state index contributed by atoms with van der Waals surface area (Å²) in [5.41, 5.74) is 4.75. The number of hydrogen-bond acceptors (Lipinski definition) is 4. The molecule has 0 saturated carbocycles. The van der Waals surface area contributed by atoms with E-state index in [0.717, 1.165) is 22.3 Å². The Kier molecular flexibility index (Phi) is 5.33. The van der Waals surface area contributed by atoms with Crippen LogP contribution in [0.3, 0.4) is 0 Å². The van der Waals surface area contributed by atoms with Crippen LogP contribution in [-0.2, 0) is 20.2 Å². The Bertz CT molecular complexity index is 1360. The van der Waals surface area contributed by atoms with Crippen LogP contribution in [0.5, 0.6) is 0 Å². The molecule has 0 aliphatic heterocycles. The van der Waals surface area contributed by atoms with Gasteiger partial charge in [0.05, 0.1) is 0 Å². The minimum absolute atomic E-state index is 0.0883. The molecule has 8 heteroatoms. The summed E-state index contributed by atoms with van der Waals surface area (Å²) in [6.45, 7) is 11.2. The zero-order chi connectivity index (χ0) is 24.7. The number of benzene rings is 2. The maximum atomic E-state index is 12.4. The summed E-state index contributed by atoms with van der Waals surface area (Å²) in [6, 6.07) is 10.9. The summed E-state index contributed by atoms with van der Waals surface area (Å²) in [6.07, 6.45) is 0. The SMILES string of the molecule is CC1=C(S(=O)(=O)O)c2ccc(C)cc2C1C(C)(C)C1C(C)=C(S(=O)(=O)O)c2ccc(C)cc21. The smallest absolute Gasteiger partial charge is 0.282 e. The highest BCUT2D eigenvalue weighted by Crippen LogP contribution is 2.61. The maximum absolute atomic E-state index is 12.4. The molecule has 0 heterocycles. The van der Waals surface area contributed by atoms with Crippen molar-refractivity contribution in [2.24, 2.45) is 5.41 Å². The lowest BCUT2D eigenvalue weighted by Crippen LogP contribution is -2.30. The van der Waals surface area contributed by atoms with Gasteiger partial charge < -0.3 is 0 Å². The highest BCUT2D eigenvalue weighted by Gasteiger charge is 2.50. The zero-order valence-electron chi connectivity index (χ0n) is 19.5.